The lowest BCUT2D eigenvalue weighted by Gasteiger charge is -2.39. The number of hydrogen-bond donors (Lipinski definition) is 1. The van der Waals surface area contributed by atoms with Crippen molar-refractivity contribution in [1.29, 1.82) is 0 Å². The number of nitrogens with one attached hydrogen (secondary N) is 1. The van der Waals surface area contributed by atoms with Crippen molar-refractivity contribution in [2.75, 3.05) is 11.9 Å². The number of amides is 2. The number of anilines is 1. The Morgan fingerprint density at radius 2 is 2.15 bits per heavy atom. The second kappa shape index (κ2) is 6.54. The van der Waals surface area contributed by atoms with Crippen molar-refractivity contribution in [3.8, 4) is 0 Å². The molecule has 0 spiro atoms. The van der Waals surface area contributed by atoms with E-state index >= 15 is 0 Å². The third kappa shape index (κ3) is 2.87. The molecule has 0 radical (unpaired) electrons. The highest BCUT2D eigenvalue weighted by atomic mass is 16.2. The molecule has 1 saturated carbocycles. The summed E-state index contributed by atoms with van der Waals surface area (Å²) < 4.78 is 3.65. The number of carbonyl (C=O) groups is 2. The lowest BCUT2D eigenvalue weighted by atomic mass is 9.85. The van der Waals surface area contributed by atoms with E-state index in [4.69, 9.17) is 0 Å². The van der Waals surface area contributed by atoms with Gasteiger partial charge in [0.1, 0.15) is 6.33 Å². The molecular weight excluding hydrogens is 334 g/mol. The topological polar surface area (TPSA) is 97.9 Å². The zero-order chi connectivity index (χ0) is 18.3. The first-order valence-corrected chi connectivity index (χ1v) is 9.08. The molecule has 2 amide bonds. The molecule has 1 aliphatic carbocycles. The van der Waals surface area contributed by atoms with E-state index in [2.05, 4.69) is 20.6 Å². The first-order chi connectivity index (χ1) is 12.6. The zero-order valence-electron chi connectivity index (χ0n) is 15.0. The van der Waals surface area contributed by atoms with E-state index < -0.39 is 0 Å². The van der Waals surface area contributed by atoms with Crippen molar-refractivity contribution in [3.63, 3.8) is 0 Å². The number of likely N-dealkylation sites (tertiary alicyclic amines) is 1. The Morgan fingerprint density at radius 3 is 2.81 bits per heavy atom. The lowest BCUT2D eigenvalue weighted by Crippen LogP contribution is -2.47. The Labute approximate surface area is 151 Å². The molecule has 2 aromatic heterocycles. The van der Waals surface area contributed by atoms with Crippen molar-refractivity contribution in [2.45, 2.75) is 44.7 Å². The van der Waals surface area contributed by atoms with Gasteiger partial charge in [-0.1, -0.05) is 0 Å². The molecule has 9 heteroatoms. The number of carbonyl (C=O) groups excluding carboxylic acids is 2. The normalized spacial score (nSPS) is 23.3. The van der Waals surface area contributed by atoms with Gasteiger partial charge in [-0.3, -0.25) is 24.2 Å². The van der Waals surface area contributed by atoms with E-state index in [1.54, 1.807) is 22.1 Å². The van der Waals surface area contributed by atoms with Crippen molar-refractivity contribution < 1.29 is 9.59 Å². The number of piperidine rings is 1. The largest absolute Gasteiger partial charge is 0.334 e. The van der Waals surface area contributed by atoms with Crippen LogP contribution in [0.3, 0.4) is 0 Å². The second-order valence-corrected chi connectivity index (χ2v) is 6.93. The average Bonchev–Trinajstić information content (AvgIpc) is 3.22. The highest BCUT2D eigenvalue weighted by Crippen LogP contribution is 2.38. The summed E-state index contributed by atoms with van der Waals surface area (Å²) in [4.78, 5) is 27.3. The third-order valence-electron chi connectivity index (χ3n) is 5.29. The predicted octanol–water partition coefficient (Wildman–Crippen LogP) is 1.28. The molecule has 3 heterocycles. The maximum absolute atomic E-state index is 13.1. The molecule has 138 valence electrons. The molecule has 2 atom stereocenters. The van der Waals surface area contributed by atoms with E-state index in [0.717, 1.165) is 18.5 Å². The van der Waals surface area contributed by atoms with Crippen molar-refractivity contribution in [2.24, 2.45) is 13.0 Å². The summed E-state index contributed by atoms with van der Waals surface area (Å²) in [5.41, 5.74) is 0.865. The second-order valence-electron chi connectivity index (χ2n) is 6.93. The van der Waals surface area contributed by atoms with Crippen molar-refractivity contribution in [1.82, 2.24) is 29.4 Å². The van der Waals surface area contributed by atoms with Crippen LogP contribution >= 0.6 is 0 Å². The van der Waals surface area contributed by atoms with Crippen LogP contribution < -0.4 is 5.32 Å². The summed E-state index contributed by atoms with van der Waals surface area (Å²) >= 11 is 0. The van der Waals surface area contributed by atoms with Gasteiger partial charge in [0.25, 0.3) is 0 Å². The third-order valence-corrected chi connectivity index (χ3v) is 5.29. The van der Waals surface area contributed by atoms with Gasteiger partial charge in [0, 0.05) is 32.3 Å². The molecule has 0 aromatic carbocycles. The first kappa shape index (κ1) is 16.7. The Morgan fingerprint density at radius 1 is 1.35 bits per heavy atom. The average molecular weight is 357 g/mol. The van der Waals surface area contributed by atoms with Gasteiger partial charge in [-0.05, 0) is 32.3 Å². The van der Waals surface area contributed by atoms with Gasteiger partial charge in [-0.2, -0.15) is 5.10 Å². The number of rotatable bonds is 5. The van der Waals surface area contributed by atoms with E-state index in [9.17, 15) is 9.59 Å². The monoisotopic (exact) mass is 357 g/mol. The minimum Gasteiger partial charge on any atom is -0.334 e. The van der Waals surface area contributed by atoms with Crippen LogP contribution in [0.2, 0.25) is 0 Å². The van der Waals surface area contributed by atoms with Crippen molar-refractivity contribution in [3.05, 3.63) is 24.3 Å². The molecule has 1 aliphatic heterocycles. The van der Waals surface area contributed by atoms with E-state index in [0.29, 0.717) is 31.4 Å². The number of aryl methyl sites for hydroxylation is 1. The highest BCUT2D eigenvalue weighted by molar-refractivity contribution is 5.93. The number of hydrogen-bond acceptors (Lipinski definition) is 5. The summed E-state index contributed by atoms with van der Waals surface area (Å²) in [5.74, 6) is 0.0783. The Hall–Kier alpha value is -2.71. The van der Waals surface area contributed by atoms with Crippen LogP contribution in [0.1, 0.15) is 50.4 Å². The number of nitrogens with zero attached hydrogens (tertiary/aromatic N) is 6. The van der Waals surface area contributed by atoms with E-state index in [1.807, 2.05) is 24.6 Å². The number of aromatic nitrogens is 5. The molecular formula is C17H23N7O2. The summed E-state index contributed by atoms with van der Waals surface area (Å²) in [5, 5.41) is 15.1. The fraction of sp³-hybridized carbons (Fsp3) is 0.588. The van der Waals surface area contributed by atoms with E-state index in [1.165, 1.54) is 0 Å². The SMILES string of the molecule is CCN1C(=O)CC[C@H](C(=O)Nc2nncn2C2CC2)[C@H]1c1ccnn1C. The quantitative estimate of drug-likeness (QED) is 0.869. The summed E-state index contributed by atoms with van der Waals surface area (Å²) in [6.07, 6.45) is 6.40. The fourth-order valence-electron chi connectivity index (χ4n) is 3.80. The van der Waals surface area contributed by atoms with Crippen LogP contribution in [0.15, 0.2) is 18.6 Å². The van der Waals surface area contributed by atoms with Gasteiger partial charge in [0.05, 0.1) is 17.7 Å². The maximum atomic E-state index is 13.1. The van der Waals surface area contributed by atoms with Gasteiger partial charge in [0.2, 0.25) is 17.8 Å². The van der Waals surface area contributed by atoms with Crippen LogP contribution in [0.25, 0.3) is 0 Å². The minimum absolute atomic E-state index is 0.0731. The van der Waals surface area contributed by atoms with Crippen LogP contribution in [0, 0.1) is 5.92 Å². The molecule has 26 heavy (non-hydrogen) atoms. The van der Waals surface area contributed by atoms with Crippen LogP contribution in [0.4, 0.5) is 5.95 Å². The van der Waals surface area contributed by atoms with Gasteiger partial charge in [0.15, 0.2) is 0 Å². The zero-order valence-corrected chi connectivity index (χ0v) is 15.0. The van der Waals surface area contributed by atoms with Crippen LogP contribution in [-0.4, -0.2) is 47.8 Å². The molecule has 9 nitrogen and oxygen atoms in total. The van der Waals surface area contributed by atoms with Crippen molar-refractivity contribution >= 4 is 17.8 Å². The van der Waals surface area contributed by atoms with Crippen LogP contribution in [0.5, 0.6) is 0 Å². The van der Waals surface area contributed by atoms with Gasteiger partial charge in [-0.25, -0.2) is 0 Å². The lowest BCUT2D eigenvalue weighted by molar-refractivity contribution is -0.142. The van der Waals surface area contributed by atoms with Gasteiger partial charge in [-0.15, -0.1) is 10.2 Å². The standard InChI is InChI=1S/C17H23N7O2/c1-3-23-14(25)7-6-12(15(23)13-8-9-19-22(13)2)16(26)20-17-21-18-10-24(17)11-4-5-11/h8-12,15H,3-7H2,1-2H3,(H,20,21,26)/t12-,15-/m0/s1. The summed E-state index contributed by atoms with van der Waals surface area (Å²) in [6, 6.07) is 1.93. The summed E-state index contributed by atoms with van der Waals surface area (Å²) in [7, 11) is 1.83. The smallest absolute Gasteiger partial charge is 0.232 e. The molecule has 2 aliphatic rings. The molecule has 2 fully saturated rings. The molecule has 0 unspecified atom stereocenters. The fourth-order valence-corrected chi connectivity index (χ4v) is 3.80. The molecule has 4 rings (SSSR count). The van der Waals surface area contributed by atoms with E-state index in [-0.39, 0.29) is 23.8 Å². The highest BCUT2D eigenvalue weighted by Gasteiger charge is 2.41. The molecule has 2 aromatic rings. The minimum atomic E-state index is -0.354. The molecule has 0 bridgehead atoms. The Balaban J connectivity index is 1.62. The maximum Gasteiger partial charge on any atom is 0.232 e. The van der Waals surface area contributed by atoms with Gasteiger partial charge < -0.3 is 4.90 Å². The summed E-state index contributed by atoms with van der Waals surface area (Å²) in [6.45, 7) is 2.49. The molecule has 1 saturated heterocycles. The van der Waals surface area contributed by atoms with Crippen LogP contribution in [-0.2, 0) is 16.6 Å². The Bertz CT molecular complexity index is 823. The Kier molecular flexibility index (Phi) is 4.21. The molecule has 1 N–H and O–H groups in total. The first-order valence-electron chi connectivity index (χ1n) is 9.08. The predicted molar refractivity (Wildman–Crippen MR) is 93.0 cm³/mol. The van der Waals surface area contributed by atoms with Gasteiger partial charge >= 0.3 is 0 Å².